The van der Waals surface area contributed by atoms with E-state index in [0.29, 0.717) is 5.56 Å². The average Bonchev–Trinajstić information content (AvgIpc) is 3.14. The van der Waals surface area contributed by atoms with Crippen molar-refractivity contribution in [1.29, 1.82) is 0 Å². The number of carboxylic acids is 1. The van der Waals surface area contributed by atoms with Crippen molar-refractivity contribution in [2.75, 3.05) is 6.61 Å². The van der Waals surface area contributed by atoms with E-state index in [2.05, 4.69) is 10.1 Å². The maximum Gasteiger partial charge on any atom is 0.573 e. The molecule has 182 valence electrons. The lowest BCUT2D eigenvalue weighted by atomic mass is 9.98. The van der Waals surface area contributed by atoms with E-state index >= 15 is 0 Å². The van der Waals surface area contributed by atoms with E-state index in [0.717, 1.165) is 34.4 Å². The molecule has 1 amide bonds. The first kappa shape index (κ1) is 24.1. The Bertz CT molecular complexity index is 1160. The molecule has 0 heterocycles. The highest BCUT2D eigenvalue weighted by Crippen LogP contribution is 2.44. The fourth-order valence-electron chi connectivity index (χ4n) is 4.21. The van der Waals surface area contributed by atoms with Crippen LogP contribution in [0.4, 0.5) is 18.0 Å². The summed E-state index contributed by atoms with van der Waals surface area (Å²) >= 11 is 0. The normalized spacial score (nSPS) is 13.5. The highest BCUT2D eigenvalue weighted by atomic mass is 19.4. The number of aryl methyl sites for hydroxylation is 1. The number of rotatable bonds is 8. The van der Waals surface area contributed by atoms with Crippen LogP contribution in [-0.2, 0) is 16.0 Å². The second-order valence-electron chi connectivity index (χ2n) is 8.09. The zero-order chi connectivity index (χ0) is 25.0. The van der Waals surface area contributed by atoms with Crippen molar-refractivity contribution in [2.45, 2.75) is 31.2 Å². The minimum Gasteiger partial charge on any atom is -0.480 e. The highest BCUT2D eigenvalue weighted by molar-refractivity contribution is 5.81. The molecule has 3 aromatic carbocycles. The van der Waals surface area contributed by atoms with Crippen LogP contribution in [0.15, 0.2) is 72.8 Å². The summed E-state index contributed by atoms with van der Waals surface area (Å²) in [5.74, 6) is -1.77. The van der Waals surface area contributed by atoms with Gasteiger partial charge in [-0.1, -0.05) is 60.7 Å². The van der Waals surface area contributed by atoms with Crippen molar-refractivity contribution in [3.63, 3.8) is 0 Å². The molecule has 0 radical (unpaired) electrons. The minimum atomic E-state index is -4.79. The number of fused-ring (bicyclic) bond motifs is 3. The van der Waals surface area contributed by atoms with E-state index in [1.165, 1.54) is 12.1 Å². The predicted octanol–water partition coefficient (Wildman–Crippen LogP) is 5.51. The number of hydrogen-bond acceptors (Lipinski definition) is 4. The van der Waals surface area contributed by atoms with Gasteiger partial charge in [-0.25, -0.2) is 9.59 Å². The van der Waals surface area contributed by atoms with E-state index < -0.39 is 24.5 Å². The summed E-state index contributed by atoms with van der Waals surface area (Å²) in [5.41, 5.74) is 4.82. The largest absolute Gasteiger partial charge is 0.573 e. The van der Waals surface area contributed by atoms with Crippen LogP contribution in [0.3, 0.4) is 0 Å². The fraction of sp³-hybridized carbons (Fsp3) is 0.231. The second kappa shape index (κ2) is 10.1. The van der Waals surface area contributed by atoms with Gasteiger partial charge < -0.3 is 19.9 Å². The number of hydrogen-bond donors (Lipinski definition) is 2. The van der Waals surface area contributed by atoms with Crippen LogP contribution >= 0.6 is 0 Å². The molecule has 1 atom stereocenters. The first-order chi connectivity index (χ1) is 16.7. The Labute approximate surface area is 199 Å². The lowest BCUT2D eigenvalue weighted by molar-refractivity contribution is -0.274. The topological polar surface area (TPSA) is 84.9 Å². The summed E-state index contributed by atoms with van der Waals surface area (Å²) in [6.45, 7) is 0.0485. The summed E-state index contributed by atoms with van der Waals surface area (Å²) in [6.07, 6.45) is -5.40. The van der Waals surface area contributed by atoms with Gasteiger partial charge in [-0.3, -0.25) is 0 Å². The lowest BCUT2D eigenvalue weighted by Crippen LogP contribution is -2.41. The van der Waals surface area contributed by atoms with Gasteiger partial charge in [-0.05, 0) is 52.8 Å². The Balaban J connectivity index is 1.33. The number of benzene rings is 3. The van der Waals surface area contributed by atoms with Crippen molar-refractivity contribution in [3.8, 4) is 16.9 Å². The summed E-state index contributed by atoms with van der Waals surface area (Å²) in [7, 11) is 0. The van der Waals surface area contributed by atoms with Crippen LogP contribution in [0.1, 0.15) is 29.0 Å². The molecular formula is C26H22F3NO5. The number of carbonyl (C=O) groups excluding carboxylic acids is 1. The number of halogens is 3. The molecule has 0 aromatic heterocycles. The predicted molar refractivity (Wildman–Crippen MR) is 121 cm³/mol. The van der Waals surface area contributed by atoms with Crippen LogP contribution in [0, 0.1) is 0 Å². The molecule has 3 aromatic rings. The molecule has 1 aliphatic carbocycles. The molecular weight excluding hydrogens is 463 g/mol. The van der Waals surface area contributed by atoms with E-state index in [4.69, 9.17) is 4.74 Å². The van der Waals surface area contributed by atoms with Crippen LogP contribution in [-0.4, -0.2) is 36.2 Å². The van der Waals surface area contributed by atoms with Gasteiger partial charge in [-0.15, -0.1) is 13.2 Å². The Hall–Kier alpha value is -4.01. The van der Waals surface area contributed by atoms with Crippen LogP contribution in [0.25, 0.3) is 11.1 Å². The molecule has 35 heavy (non-hydrogen) atoms. The zero-order valence-corrected chi connectivity index (χ0v) is 18.4. The number of aliphatic carboxylic acids is 1. The first-order valence-corrected chi connectivity index (χ1v) is 10.9. The standard InChI is InChI=1S/C26H22F3NO5/c27-26(28,29)35-17-12-9-16(10-13-17)11-14-23(24(31)32)30-25(33)34-15-22-20-7-3-1-5-18(20)19-6-2-4-8-21(19)22/h1-10,12-13,22-23H,11,14-15H2,(H,30,33)(H,31,32)/t23-/m0/s1. The van der Waals surface area contributed by atoms with E-state index in [1.807, 2.05) is 48.5 Å². The number of nitrogens with one attached hydrogen (secondary N) is 1. The van der Waals surface area contributed by atoms with Gasteiger partial charge in [0.1, 0.15) is 18.4 Å². The van der Waals surface area contributed by atoms with E-state index in [-0.39, 0.29) is 31.1 Å². The molecule has 1 aliphatic rings. The van der Waals surface area contributed by atoms with Crippen LogP contribution in [0.5, 0.6) is 5.75 Å². The smallest absolute Gasteiger partial charge is 0.480 e. The number of carbonyl (C=O) groups is 2. The van der Waals surface area contributed by atoms with E-state index in [1.54, 1.807) is 0 Å². The monoisotopic (exact) mass is 485 g/mol. The molecule has 9 heteroatoms. The molecule has 4 rings (SSSR count). The third-order valence-corrected chi connectivity index (χ3v) is 5.81. The van der Waals surface area contributed by atoms with Gasteiger partial charge in [0.15, 0.2) is 0 Å². The first-order valence-electron chi connectivity index (χ1n) is 10.9. The molecule has 6 nitrogen and oxygen atoms in total. The quantitative estimate of drug-likeness (QED) is 0.440. The lowest BCUT2D eigenvalue weighted by Gasteiger charge is -2.17. The average molecular weight is 485 g/mol. The Morgan fingerprint density at radius 2 is 1.49 bits per heavy atom. The molecule has 0 aliphatic heterocycles. The second-order valence-corrected chi connectivity index (χ2v) is 8.09. The number of amides is 1. The van der Waals surface area contributed by atoms with Crippen molar-refractivity contribution in [2.24, 2.45) is 0 Å². The van der Waals surface area contributed by atoms with Gasteiger partial charge in [0.05, 0.1) is 0 Å². The van der Waals surface area contributed by atoms with Gasteiger partial charge in [0.25, 0.3) is 0 Å². The van der Waals surface area contributed by atoms with Crippen molar-refractivity contribution >= 4 is 12.1 Å². The van der Waals surface area contributed by atoms with Gasteiger partial charge in [-0.2, -0.15) is 0 Å². The third-order valence-electron chi connectivity index (χ3n) is 5.81. The summed E-state index contributed by atoms with van der Waals surface area (Å²) < 4.78 is 46.0. The zero-order valence-electron chi connectivity index (χ0n) is 18.4. The maximum atomic E-state index is 12.4. The molecule has 0 spiro atoms. The van der Waals surface area contributed by atoms with Crippen molar-refractivity contribution < 1.29 is 37.3 Å². The Kier molecular flexibility index (Phi) is 6.95. The molecule has 0 saturated carbocycles. The number of ether oxygens (including phenoxy) is 2. The van der Waals surface area contributed by atoms with Crippen molar-refractivity contribution in [3.05, 3.63) is 89.5 Å². The number of alkyl halides is 3. The molecule has 0 fully saturated rings. The summed E-state index contributed by atoms with van der Waals surface area (Å²) in [4.78, 5) is 24.0. The summed E-state index contributed by atoms with van der Waals surface area (Å²) in [5, 5.41) is 11.9. The molecule has 0 bridgehead atoms. The molecule has 0 unspecified atom stereocenters. The number of alkyl carbamates (subject to hydrolysis) is 1. The van der Waals surface area contributed by atoms with Crippen LogP contribution in [0.2, 0.25) is 0 Å². The van der Waals surface area contributed by atoms with Crippen molar-refractivity contribution in [1.82, 2.24) is 5.32 Å². The van der Waals surface area contributed by atoms with Gasteiger partial charge >= 0.3 is 18.4 Å². The SMILES string of the molecule is O=C(N[C@@H](CCc1ccc(OC(F)(F)F)cc1)C(=O)O)OCC1c2ccccc2-c2ccccc21. The fourth-order valence-corrected chi connectivity index (χ4v) is 4.21. The van der Waals surface area contributed by atoms with E-state index in [9.17, 15) is 27.9 Å². The third kappa shape index (κ3) is 5.92. The number of carboxylic acid groups (broad SMARTS) is 1. The Morgan fingerprint density at radius 3 is 2.03 bits per heavy atom. The minimum absolute atomic E-state index is 0.0268. The van der Waals surface area contributed by atoms with Gasteiger partial charge in [0.2, 0.25) is 0 Å². The summed E-state index contributed by atoms with van der Waals surface area (Å²) in [6, 6.07) is 19.6. The molecule has 2 N–H and O–H groups in total. The Morgan fingerprint density at radius 1 is 0.914 bits per heavy atom. The van der Waals surface area contributed by atoms with Crippen LogP contribution < -0.4 is 10.1 Å². The maximum absolute atomic E-state index is 12.4. The highest BCUT2D eigenvalue weighted by Gasteiger charge is 2.31. The molecule has 0 saturated heterocycles. The van der Waals surface area contributed by atoms with Gasteiger partial charge in [0, 0.05) is 5.92 Å².